The van der Waals surface area contributed by atoms with Crippen molar-refractivity contribution in [3.05, 3.63) is 0 Å². The molecule has 0 radical (unpaired) electrons. The lowest BCUT2D eigenvalue weighted by Gasteiger charge is -2.06. The van der Waals surface area contributed by atoms with Crippen LogP contribution in [0.2, 0.25) is 0 Å². The minimum Gasteiger partial charge on any atom is -0.469 e. The van der Waals surface area contributed by atoms with Crippen molar-refractivity contribution in [2.75, 3.05) is 7.11 Å². The first kappa shape index (κ1) is 9.90. The quantitative estimate of drug-likeness (QED) is 0.244. The summed E-state index contributed by atoms with van der Waals surface area (Å²) < 4.78 is 4.36. The molecule has 0 aliphatic rings. The fraction of sp³-hybridized carbons (Fsp3) is 0.667. The predicted octanol–water partition coefficient (Wildman–Crippen LogP) is -0.824. The summed E-state index contributed by atoms with van der Waals surface area (Å²) in [7, 11) is 1.27. The van der Waals surface area contributed by atoms with Gasteiger partial charge in [0.1, 0.15) is 0 Å². The number of nitrogens with one attached hydrogen (secondary N) is 1. The summed E-state index contributed by atoms with van der Waals surface area (Å²) >= 11 is 0. The average Bonchev–Trinajstić information content (AvgIpc) is 2.02. The second-order valence-electron chi connectivity index (χ2n) is 2.19. The van der Waals surface area contributed by atoms with E-state index in [1.165, 1.54) is 7.11 Å². The summed E-state index contributed by atoms with van der Waals surface area (Å²) in [5.74, 6) is 3.62. The number of amides is 1. The zero-order valence-corrected chi connectivity index (χ0v) is 6.59. The highest BCUT2D eigenvalue weighted by Crippen LogP contribution is 2.01. The van der Waals surface area contributed by atoms with Crippen LogP contribution >= 0.6 is 0 Å². The van der Waals surface area contributed by atoms with Gasteiger partial charge in [-0.1, -0.05) is 6.92 Å². The Morgan fingerprint density at radius 2 is 2.18 bits per heavy atom. The zero-order valence-electron chi connectivity index (χ0n) is 6.59. The molecular formula is C6H12N2O3. The first-order chi connectivity index (χ1) is 5.11. The third-order valence-corrected chi connectivity index (χ3v) is 1.29. The molecule has 0 heterocycles. The number of hydrazine groups is 1. The molecule has 0 unspecified atom stereocenters. The Balaban J connectivity index is 3.77. The van der Waals surface area contributed by atoms with Crippen molar-refractivity contribution in [1.82, 2.24) is 5.43 Å². The van der Waals surface area contributed by atoms with Gasteiger partial charge >= 0.3 is 5.97 Å². The molecule has 5 heteroatoms. The molecule has 0 bridgehead atoms. The minimum atomic E-state index is -0.438. The maximum Gasteiger partial charge on any atom is 0.306 e. The highest BCUT2D eigenvalue weighted by molar-refractivity contribution is 5.82. The first-order valence-corrected chi connectivity index (χ1v) is 3.19. The standard InChI is InChI=1S/C6H12N2O3/c1-4(6(10)8-7)3-5(9)11-2/h4H,3,7H2,1-2H3,(H,8,10)/t4-/m1/s1. The van der Waals surface area contributed by atoms with Gasteiger partial charge in [0, 0.05) is 5.92 Å². The summed E-state index contributed by atoms with van der Waals surface area (Å²) in [6.07, 6.45) is 0.0551. The molecule has 0 aliphatic carbocycles. The van der Waals surface area contributed by atoms with Crippen molar-refractivity contribution in [3.8, 4) is 0 Å². The molecule has 5 nitrogen and oxygen atoms in total. The Hall–Kier alpha value is -1.10. The third kappa shape index (κ3) is 3.57. The van der Waals surface area contributed by atoms with Gasteiger partial charge in [0.05, 0.1) is 13.5 Å². The summed E-state index contributed by atoms with van der Waals surface area (Å²) in [4.78, 5) is 21.3. The maximum atomic E-state index is 10.7. The summed E-state index contributed by atoms with van der Waals surface area (Å²) in [6.45, 7) is 1.60. The van der Waals surface area contributed by atoms with Crippen molar-refractivity contribution in [3.63, 3.8) is 0 Å². The normalized spacial score (nSPS) is 11.9. The lowest BCUT2D eigenvalue weighted by atomic mass is 10.1. The van der Waals surface area contributed by atoms with Crippen molar-refractivity contribution in [2.45, 2.75) is 13.3 Å². The van der Waals surface area contributed by atoms with E-state index < -0.39 is 11.9 Å². The van der Waals surface area contributed by atoms with Crippen molar-refractivity contribution in [1.29, 1.82) is 0 Å². The van der Waals surface area contributed by atoms with E-state index in [0.717, 1.165) is 0 Å². The molecule has 1 atom stereocenters. The van der Waals surface area contributed by atoms with E-state index in [-0.39, 0.29) is 12.3 Å². The fourth-order valence-corrected chi connectivity index (χ4v) is 0.568. The lowest BCUT2D eigenvalue weighted by Crippen LogP contribution is -2.35. The van der Waals surface area contributed by atoms with Gasteiger partial charge in [-0.15, -0.1) is 0 Å². The maximum absolute atomic E-state index is 10.7. The van der Waals surface area contributed by atoms with E-state index in [1.54, 1.807) is 6.92 Å². The number of hydrogen-bond acceptors (Lipinski definition) is 4. The largest absolute Gasteiger partial charge is 0.469 e. The van der Waals surface area contributed by atoms with Gasteiger partial charge in [-0.3, -0.25) is 15.0 Å². The first-order valence-electron chi connectivity index (χ1n) is 3.19. The number of rotatable bonds is 3. The number of esters is 1. The second kappa shape index (κ2) is 4.68. The molecule has 0 fully saturated rings. The van der Waals surface area contributed by atoms with Gasteiger partial charge in [0.2, 0.25) is 5.91 Å². The van der Waals surface area contributed by atoms with Crippen LogP contribution < -0.4 is 11.3 Å². The van der Waals surface area contributed by atoms with E-state index in [2.05, 4.69) is 4.74 Å². The van der Waals surface area contributed by atoms with Gasteiger partial charge < -0.3 is 4.74 Å². The zero-order chi connectivity index (χ0) is 8.85. The monoisotopic (exact) mass is 160 g/mol. The third-order valence-electron chi connectivity index (χ3n) is 1.29. The van der Waals surface area contributed by atoms with E-state index in [9.17, 15) is 9.59 Å². The molecule has 0 saturated carbocycles. The lowest BCUT2D eigenvalue weighted by molar-refractivity contribution is -0.143. The number of nitrogens with two attached hydrogens (primary N) is 1. The van der Waals surface area contributed by atoms with E-state index in [0.29, 0.717) is 0 Å². The molecule has 3 N–H and O–H groups in total. The molecule has 0 aromatic heterocycles. The van der Waals surface area contributed by atoms with E-state index in [1.807, 2.05) is 5.43 Å². The van der Waals surface area contributed by atoms with Crippen LogP contribution in [0.3, 0.4) is 0 Å². The molecule has 1 amide bonds. The van der Waals surface area contributed by atoms with Gasteiger partial charge in [-0.05, 0) is 0 Å². The molecular weight excluding hydrogens is 148 g/mol. The van der Waals surface area contributed by atoms with Crippen molar-refractivity contribution < 1.29 is 14.3 Å². The van der Waals surface area contributed by atoms with Crippen LogP contribution in [0.1, 0.15) is 13.3 Å². The topological polar surface area (TPSA) is 81.4 Å². The van der Waals surface area contributed by atoms with Gasteiger partial charge in [-0.25, -0.2) is 5.84 Å². The average molecular weight is 160 g/mol. The van der Waals surface area contributed by atoms with Gasteiger partial charge in [0.25, 0.3) is 0 Å². The smallest absolute Gasteiger partial charge is 0.306 e. The Kier molecular flexibility index (Phi) is 4.21. The molecule has 64 valence electrons. The molecule has 0 aromatic rings. The molecule has 0 saturated heterocycles. The summed E-state index contributed by atoms with van der Waals surface area (Å²) in [5, 5.41) is 0. The van der Waals surface area contributed by atoms with Crippen molar-refractivity contribution in [2.24, 2.45) is 11.8 Å². The Morgan fingerprint density at radius 3 is 2.55 bits per heavy atom. The summed E-state index contributed by atoms with van der Waals surface area (Å²) in [5.41, 5.74) is 1.95. The second-order valence-corrected chi connectivity index (χ2v) is 2.19. The fourth-order valence-electron chi connectivity index (χ4n) is 0.568. The molecule has 0 aliphatic heterocycles. The van der Waals surface area contributed by atoms with E-state index in [4.69, 9.17) is 5.84 Å². The molecule has 11 heavy (non-hydrogen) atoms. The molecule has 0 aromatic carbocycles. The Bertz CT molecular complexity index is 158. The highest BCUT2D eigenvalue weighted by Gasteiger charge is 2.15. The summed E-state index contributed by atoms with van der Waals surface area (Å²) in [6, 6.07) is 0. The predicted molar refractivity (Wildman–Crippen MR) is 38.1 cm³/mol. The van der Waals surface area contributed by atoms with Crippen molar-refractivity contribution >= 4 is 11.9 Å². The van der Waals surface area contributed by atoms with Crippen LogP contribution in [0.25, 0.3) is 0 Å². The SMILES string of the molecule is COC(=O)C[C@@H](C)C(=O)NN. The highest BCUT2D eigenvalue weighted by atomic mass is 16.5. The van der Waals surface area contributed by atoms with Crippen LogP contribution in [0.5, 0.6) is 0 Å². The van der Waals surface area contributed by atoms with Crippen LogP contribution in [0.15, 0.2) is 0 Å². The van der Waals surface area contributed by atoms with Gasteiger partial charge in [-0.2, -0.15) is 0 Å². The number of ether oxygens (including phenoxy) is 1. The number of methoxy groups -OCH3 is 1. The van der Waals surface area contributed by atoms with Crippen LogP contribution in [0.4, 0.5) is 0 Å². The molecule has 0 spiro atoms. The Labute approximate surface area is 64.9 Å². The van der Waals surface area contributed by atoms with Gasteiger partial charge in [0.15, 0.2) is 0 Å². The van der Waals surface area contributed by atoms with E-state index >= 15 is 0 Å². The van der Waals surface area contributed by atoms with Crippen LogP contribution in [-0.2, 0) is 14.3 Å². The number of carbonyl (C=O) groups is 2. The van der Waals surface area contributed by atoms with Crippen LogP contribution in [-0.4, -0.2) is 19.0 Å². The van der Waals surface area contributed by atoms with Crippen LogP contribution in [0, 0.1) is 5.92 Å². The number of carbonyl (C=O) groups excluding carboxylic acids is 2. The minimum absolute atomic E-state index is 0.0551. The molecule has 0 rings (SSSR count). The number of hydrogen-bond donors (Lipinski definition) is 2. The Morgan fingerprint density at radius 1 is 1.64 bits per heavy atom.